The van der Waals surface area contributed by atoms with Crippen LogP contribution >= 0.6 is 0 Å². The van der Waals surface area contributed by atoms with Crippen LogP contribution in [0, 0.1) is 0 Å². The van der Waals surface area contributed by atoms with E-state index in [4.69, 9.17) is 23.9 Å². The van der Waals surface area contributed by atoms with Crippen molar-refractivity contribution in [1.82, 2.24) is 24.6 Å². The fraction of sp³-hybridized carbons (Fsp3) is 0.240. The van der Waals surface area contributed by atoms with Gasteiger partial charge in [-0.15, -0.1) is 5.10 Å². The van der Waals surface area contributed by atoms with Gasteiger partial charge in [-0.25, -0.2) is 19.3 Å². The SMILES string of the molecule is CCOC(=O)C1=C(C)Oc2ncn3nc(-c4ccccn4)nc3c2C1c1ccc(OC)c(OC)c1. The largest absolute Gasteiger partial charge is 0.493 e. The summed E-state index contributed by atoms with van der Waals surface area (Å²) < 4.78 is 23.9. The number of hydrogen-bond acceptors (Lipinski definition) is 9. The maximum Gasteiger partial charge on any atom is 0.338 e. The maximum absolute atomic E-state index is 13.2. The van der Waals surface area contributed by atoms with Crippen molar-refractivity contribution in [2.45, 2.75) is 19.8 Å². The zero-order valence-electron chi connectivity index (χ0n) is 19.7. The lowest BCUT2D eigenvalue weighted by Crippen LogP contribution is -2.24. The van der Waals surface area contributed by atoms with E-state index in [0.717, 1.165) is 5.56 Å². The first-order valence-electron chi connectivity index (χ1n) is 11.0. The number of ether oxygens (including phenoxy) is 4. The van der Waals surface area contributed by atoms with Crippen LogP contribution < -0.4 is 14.2 Å². The summed E-state index contributed by atoms with van der Waals surface area (Å²) in [5, 5.41) is 4.55. The molecule has 1 aliphatic heterocycles. The lowest BCUT2D eigenvalue weighted by atomic mass is 9.83. The van der Waals surface area contributed by atoms with Gasteiger partial charge in [0.1, 0.15) is 17.8 Å². The quantitative estimate of drug-likeness (QED) is 0.388. The van der Waals surface area contributed by atoms with Crippen LogP contribution in [0.5, 0.6) is 17.4 Å². The smallest absolute Gasteiger partial charge is 0.338 e. The van der Waals surface area contributed by atoms with Crippen molar-refractivity contribution >= 4 is 11.6 Å². The molecule has 0 fully saturated rings. The highest BCUT2D eigenvalue weighted by atomic mass is 16.5. The summed E-state index contributed by atoms with van der Waals surface area (Å²) in [6.07, 6.45) is 3.21. The van der Waals surface area contributed by atoms with Crippen LogP contribution in [0.15, 0.2) is 60.3 Å². The number of hydrogen-bond donors (Lipinski definition) is 0. The first kappa shape index (κ1) is 22.3. The Kier molecular flexibility index (Phi) is 5.77. The number of esters is 1. The highest BCUT2D eigenvalue weighted by molar-refractivity contribution is 5.93. The summed E-state index contributed by atoms with van der Waals surface area (Å²) in [6, 6.07) is 11.0. The maximum atomic E-state index is 13.2. The van der Waals surface area contributed by atoms with Crippen molar-refractivity contribution in [3.05, 3.63) is 71.4 Å². The Morgan fingerprint density at radius 2 is 1.94 bits per heavy atom. The molecule has 0 saturated carbocycles. The monoisotopic (exact) mass is 473 g/mol. The molecule has 35 heavy (non-hydrogen) atoms. The second kappa shape index (κ2) is 9.05. The Balaban J connectivity index is 1.77. The minimum atomic E-state index is -0.602. The van der Waals surface area contributed by atoms with Crippen LogP contribution in [0.4, 0.5) is 0 Å². The van der Waals surface area contributed by atoms with E-state index in [1.54, 1.807) is 44.8 Å². The van der Waals surface area contributed by atoms with Crippen molar-refractivity contribution in [2.75, 3.05) is 20.8 Å². The van der Waals surface area contributed by atoms with E-state index in [2.05, 4.69) is 15.1 Å². The highest BCUT2D eigenvalue weighted by Crippen LogP contribution is 2.46. The molecule has 1 atom stereocenters. The molecular weight excluding hydrogens is 450 g/mol. The van der Waals surface area contributed by atoms with Gasteiger partial charge in [-0.05, 0) is 43.7 Å². The summed E-state index contributed by atoms with van der Waals surface area (Å²) in [5.74, 6) is 1.17. The van der Waals surface area contributed by atoms with Crippen molar-refractivity contribution in [2.24, 2.45) is 0 Å². The molecule has 4 heterocycles. The van der Waals surface area contributed by atoms with Crippen LogP contribution in [0.2, 0.25) is 0 Å². The van der Waals surface area contributed by atoms with Gasteiger partial charge in [-0.1, -0.05) is 12.1 Å². The van der Waals surface area contributed by atoms with Gasteiger partial charge >= 0.3 is 5.97 Å². The van der Waals surface area contributed by atoms with Crippen molar-refractivity contribution in [3.8, 4) is 28.9 Å². The Labute approximate surface area is 201 Å². The number of aromatic nitrogens is 5. The number of pyridine rings is 1. The normalized spacial score (nSPS) is 14.9. The van der Waals surface area contributed by atoms with Crippen LogP contribution in [-0.4, -0.2) is 51.4 Å². The average Bonchev–Trinajstić information content (AvgIpc) is 3.32. The Morgan fingerprint density at radius 1 is 1.11 bits per heavy atom. The summed E-state index contributed by atoms with van der Waals surface area (Å²) in [5.41, 5.74) is 2.80. The number of benzene rings is 1. The Bertz CT molecular complexity index is 1450. The van der Waals surface area contributed by atoms with E-state index in [-0.39, 0.29) is 6.61 Å². The van der Waals surface area contributed by atoms with Gasteiger partial charge in [0.15, 0.2) is 17.1 Å². The molecule has 5 rings (SSSR count). The van der Waals surface area contributed by atoms with Crippen LogP contribution in [0.25, 0.3) is 17.2 Å². The predicted octanol–water partition coefficient (Wildman–Crippen LogP) is 3.56. The molecule has 0 aliphatic carbocycles. The number of fused-ring (bicyclic) bond motifs is 3. The van der Waals surface area contributed by atoms with E-state index in [0.29, 0.717) is 51.4 Å². The van der Waals surface area contributed by atoms with Crippen molar-refractivity contribution in [1.29, 1.82) is 0 Å². The van der Waals surface area contributed by atoms with Gasteiger partial charge in [-0.2, -0.15) is 0 Å². The van der Waals surface area contributed by atoms with E-state index in [9.17, 15) is 4.79 Å². The number of carbonyl (C=O) groups is 1. The standard InChI is InChI=1S/C25H23N5O5/c1-5-34-25(31)19-14(2)35-24-21(20(19)15-9-10-17(32-3)18(12-15)33-4)23-28-22(29-30(23)13-27-24)16-8-6-7-11-26-16/h6-13,20H,5H2,1-4H3. The molecule has 1 aromatic carbocycles. The van der Waals surface area contributed by atoms with E-state index < -0.39 is 11.9 Å². The third kappa shape index (κ3) is 3.82. The molecule has 0 bridgehead atoms. The van der Waals surface area contributed by atoms with Gasteiger partial charge in [0.05, 0.1) is 37.9 Å². The summed E-state index contributed by atoms with van der Waals surface area (Å²) in [6.45, 7) is 3.70. The van der Waals surface area contributed by atoms with E-state index in [1.165, 1.54) is 6.33 Å². The number of nitrogens with zero attached hydrogens (tertiary/aromatic N) is 5. The molecule has 178 valence electrons. The first-order valence-corrected chi connectivity index (χ1v) is 11.0. The predicted molar refractivity (Wildman–Crippen MR) is 125 cm³/mol. The minimum absolute atomic E-state index is 0.221. The molecule has 10 heteroatoms. The molecule has 0 radical (unpaired) electrons. The van der Waals surface area contributed by atoms with Crippen LogP contribution in [-0.2, 0) is 9.53 Å². The molecule has 3 aromatic heterocycles. The van der Waals surface area contributed by atoms with Crippen LogP contribution in [0.1, 0.15) is 30.9 Å². The zero-order valence-corrected chi connectivity index (χ0v) is 19.7. The van der Waals surface area contributed by atoms with Gasteiger partial charge in [0.2, 0.25) is 11.7 Å². The van der Waals surface area contributed by atoms with Gasteiger partial charge in [0.25, 0.3) is 0 Å². The molecule has 1 unspecified atom stereocenters. The summed E-state index contributed by atoms with van der Waals surface area (Å²) in [4.78, 5) is 26.7. The molecule has 4 aromatic rings. The van der Waals surface area contributed by atoms with E-state index in [1.807, 2.05) is 30.3 Å². The second-order valence-corrected chi connectivity index (χ2v) is 7.72. The second-order valence-electron chi connectivity index (χ2n) is 7.72. The number of rotatable bonds is 6. The summed E-state index contributed by atoms with van der Waals surface area (Å²) in [7, 11) is 3.13. The van der Waals surface area contributed by atoms with Crippen molar-refractivity contribution < 1.29 is 23.7 Å². The third-order valence-electron chi connectivity index (χ3n) is 5.72. The highest BCUT2D eigenvalue weighted by Gasteiger charge is 2.38. The average molecular weight is 473 g/mol. The zero-order chi connectivity index (χ0) is 24.5. The number of methoxy groups -OCH3 is 2. The van der Waals surface area contributed by atoms with Crippen molar-refractivity contribution in [3.63, 3.8) is 0 Å². The van der Waals surface area contributed by atoms with Gasteiger partial charge < -0.3 is 18.9 Å². The summed E-state index contributed by atoms with van der Waals surface area (Å²) >= 11 is 0. The lowest BCUT2D eigenvalue weighted by Gasteiger charge is -2.28. The lowest BCUT2D eigenvalue weighted by molar-refractivity contribution is -0.139. The van der Waals surface area contributed by atoms with E-state index >= 15 is 0 Å². The Hall–Kier alpha value is -4.47. The molecule has 0 spiro atoms. The molecule has 0 amide bonds. The van der Waals surface area contributed by atoms with Gasteiger partial charge in [0, 0.05) is 6.20 Å². The molecule has 1 aliphatic rings. The fourth-order valence-corrected chi connectivity index (χ4v) is 4.18. The molecule has 10 nitrogen and oxygen atoms in total. The minimum Gasteiger partial charge on any atom is -0.493 e. The third-order valence-corrected chi connectivity index (χ3v) is 5.72. The molecule has 0 N–H and O–H groups in total. The molecular formula is C25H23N5O5. The topological polar surface area (TPSA) is 110 Å². The molecule has 0 saturated heterocycles. The number of carbonyl (C=O) groups excluding carboxylic acids is 1. The number of allylic oxidation sites excluding steroid dienone is 1. The van der Waals surface area contributed by atoms with Gasteiger partial charge in [-0.3, -0.25) is 4.98 Å². The fourth-order valence-electron chi connectivity index (χ4n) is 4.18. The Morgan fingerprint density at radius 3 is 2.66 bits per heavy atom. The van der Waals surface area contributed by atoms with Crippen LogP contribution in [0.3, 0.4) is 0 Å². The first-order chi connectivity index (χ1) is 17.0.